The number of fused-ring (bicyclic) bond motifs is 46. The van der Waals surface area contributed by atoms with Gasteiger partial charge >= 0.3 is 77.6 Å². The summed E-state index contributed by atoms with van der Waals surface area (Å²) in [6.07, 6.45) is 31.2. The zero-order valence-corrected chi connectivity index (χ0v) is 91.5. The summed E-state index contributed by atoms with van der Waals surface area (Å²) in [5, 5.41) is 0. The number of carbonyl (C=O) groups excluding carboxylic acids is 13. The minimum absolute atomic E-state index is 0.0000652. The second-order valence-corrected chi connectivity index (χ2v) is 56.9. The lowest BCUT2D eigenvalue weighted by atomic mass is 9.58. The highest BCUT2D eigenvalue weighted by molar-refractivity contribution is 5.85. The van der Waals surface area contributed by atoms with Crippen LogP contribution in [0.25, 0.3) is 0 Å². The van der Waals surface area contributed by atoms with Crippen LogP contribution in [0.1, 0.15) is 344 Å². The molecule has 26 aliphatic rings. The van der Waals surface area contributed by atoms with E-state index in [4.69, 9.17) is 61.6 Å². The molecule has 0 amide bonds. The van der Waals surface area contributed by atoms with Crippen LogP contribution < -0.4 is 0 Å². The minimum Gasteiger partial charge on any atom is -0.465 e. The summed E-state index contributed by atoms with van der Waals surface area (Å²) in [6.45, 7) is 43.0. The zero-order valence-electron chi connectivity index (χ0n) is 91.5. The third-order valence-corrected chi connectivity index (χ3v) is 48.4. The van der Waals surface area contributed by atoms with Gasteiger partial charge < -0.3 is 61.6 Å². The van der Waals surface area contributed by atoms with Crippen molar-refractivity contribution in [1.29, 1.82) is 0 Å². The Kier molecular flexibility index (Phi) is 26.7. The molecule has 20 bridgehead atoms. The lowest BCUT2D eigenvalue weighted by Gasteiger charge is -2.47. The molecule has 26 rings (SSSR count). The molecule has 6 aliphatic heterocycles. The standard InChI is InChI=1S/C22H32O4.3C21H30O4.C18H26O6.C17H26O4/c1-5-21(3,4)20(24)26-19-11(2)13-7-14(19)18-15-6-12(17(13)18)8-22(15)9-16(23)25-10-22;1-4-20(2,3)19(23)25-15-7-11-5-13(15)18-14-6-12(17(11)18)8-21(14)9-16(22)24-10-21;2*1-4-20(2,3)18(22)25-15-9-11-7-13(15)16-12-8-14(17(11)16)21(10-12)5-6-24-19(21)23;1-4-17(2,3)15(20)23-10-14(19)24-13-8-11-7-12(13)18(9-11)5-6-22-16(18)21;1-5-16(3,4)14(18)21-13-10(2)11-8-12(13)17(9-11)6-7-20-15(17)19/h11-15,17-19H,5-10H2,1-4H3;11-15,17-18H,4-10H2,1-3H3;2*11-17H,4-10H2,1-3H3;11-13H,4-10H2,1-3H3;10-13H,5-9H2,1-4H3. The van der Waals surface area contributed by atoms with E-state index in [9.17, 15) is 62.3 Å². The molecular formula is C120H174O26. The molecule has 6 saturated heterocycles. The van der Waals surface area contributed by atoms with Gasteiger partial charge in [0.25, 0.3) is 0 Å². The van der Waals surface area contributed by atoms with E-state index in [1.54, 1.807) is 13.8 Å². The van der Waals surface area contributed by atoms with Crippen molar-refractivity contribution >= 4 is 77.6 Å². The van der Waals surface area contributed by atoms with Gasteiger partial charge in [-0.1, -0.05) is 55.4 Å². The summed E-state index contributed by atoms with van der Waals surface area (Å²) < 4.78 is 72.8. The molecule has 810 valence electrons. The van der Waals surface area contributed by atoms with Gasteiger partial charge in [-0.3, -0.25) is 57.5 Å². The molecule has 26 fully saturated rings. The molecule has 0 aromatic heterocycles. The number of rotatable bonds is 20. The third kappa shape index (κ3) is 16.5. The number of hydrogen-bond acceptors (Lipinski definition) is 26. The van der Waals surface area contributed by atoms with Gasteiger partial charge in [0.1, 0.15) is 36.6 Å². The summed E-state index contributed by atoms with van der Waals surface area (Å²) in [5.41, 5.74) is -3.49. The Bertz CT molecular complexity index is 5050. The van der Waals surface area contributed by atoms with Gasteiger partial charge in [-0.25, -0.2) is 4.79 Å². The Labute approximate surface area is 866 Å². The van der Waals surface area contributed by atoms with Gasteiger partial charge in [-0.05, 0) is 441 Å². The first-order chi connectivity index (χ1) is 69.0. The van der Waals surface area contributed by atoms with Crippen LogP contribution in [0.4, 0.5) is 0 Å². The molecule has 42 atom stereocenters. The second kappa shape index (κ2) is 37.2. The van der Waals surface area contributed by atoms with Crippen LogP contribution in [-0.4, -0.2) is 160 Å². The van der Waals surface area contributed by atoms with Crippen molar-refractivity contribution in [3.8, 4) is 0 Å². The van der Waals surface area contributed by atoms with Gasteiger partial charge in [0, 0.05) is 22.7 Å². The van der Waals surface area contributed by atoms with E-state index < -0.39 is 33.6 Å². The highest BCUT2D eigenvalue weighted by atomic mass is 16.6. The first-order valence-corrected chi connectivity index (χ1v) is 58.4. The van der Waals surface area contributed by atoms with Crippen molar-refractivity contribution in [2.24, 2.45) is 243 Å². The largest absolute Gasteiger partial charge is 0.465 e. The van der Waals surface area contributed by atoms with Gasteiger partial charge in [0.15, 0.2) is 6.61 Å². The van der Waals surface area contributed by atoms with Crippen molar-refractivity contribution in [2.75, 3.05) is 46.2 Å². The maximum Gasteiger partial charge on any atom is 0.344 e. The Balaban J connectivity index is 0.000000103. The van der Waals surface area contributed by atoms with Crippen LogP contribution in [0.15, 0.2) is 0 Å². The van der Waals surface area contributed by atoms with Crippen LogP contribution in [0, 0.1) is 243 Å². The predicted octanol–water partition coefficient (Wildman–Crippen LogP) is 19.7. The van der Waals surface area contributed by atoms with Crippen molar-refractivity contribution in [2.45, 2.75) is 381 Å². The van der Waals surface area contributed by atoms with E-state index in [-0.39, 0.29) is 164 Å². The van der Waals surface area contributed by atoms with E-state index in [0.29, 0.717) is 195 Å². The van der Waals surface area contributed by atoms with Crippen molar-refractivity contribution in [1.82, 2.24) is 0 Å². The smallest absolute Gasteiger partial charge is 0.344 e. The third-order valence-electron chi connectivity index (χ3n) is 48.4. The van der Waals surface area contributed by atoms with Gasteiger partial charge in [0.05, 0.1) is 107 Å². The molecule has 42 unspecified atom stereocenters. The van der Waals surface area contributed by atoms with Crippen LogP contribution in [0.5, 0.6) is 0 Å². The molecule has 0 radical (unpaired) electrons. The molecule has 26 nitrogen and oxygen atoms in total. The molecule has 20 aliphatic carbocycles. The van der Waals surface area contributed by atoms with Crippen molar-refractivity contribution in [3.05, 3.63) is 0 Å². The second-order valence-electron chi connectivity index (χ2n) is 56.9. The van der Waals surface area contributed by atoms with E-state index in [0.717, 1.165) is 152 Å². The van der Waals surface area contributed by atoms with Gasteiger partial charge in [0.2, 0.25) is 0 Å². The Morgan fingerprint density at radius 3 is 1.02 bits per heavy atom. The lowest BCUT2D eigenvalue weighted by molar-refractivity contribution is -0.173. The van der Waals surface area contributed by atoms with E-state index >= 15 is 0 Å². The first kappa shape index (κ1) is 105. The molecule has 0 aromatic carbocycles. The molecule has 0 aromatic rings. The van der Waals surface area contributed by atoms with Crippen LogP contribution in [0.3, 0.4) is 0 Å². The summed E-state index contributed by atoms with van der Waals surface area (Å²) in [7, 11) is 0. The maximum absolute atomic E-state index is 12.7. The van der Waals surface area contributed by atoms with Crippen LogP contribution in [0.2, 0.25) is 0 Å². The quantitative estimate of drug-likeness (QED) is 0.0621. The molecule has 0 N–H and O–H groups in total. The monoisotopic (exact) mass is 2030 g/mol. The number of carbonyl (C=O) groups is 13. The molecule has 146 heavy (non-hydrogen) atoms. The summed E-state index contributed by atoms with van der Waals surface area (Å²) in [6, 6.07) is 0. The molecule has 6 spiro atoms. The fourth-order valence-corrected chi connectivity index (χ4v) is 38.8. The molecular weight excluding hydrogens is 1860 g/mol. The fourth-order valence-electron chi connectivity index (χ4n) is 38.8. The summed E-state index contributed by atoms with van der Waals surface area (Å²) in [4.78, 5) is 160. The average Bonchev–Trinajstić information content (AvgIpc) is 1.52. The lowest BCUT2D eigenvalue weighted by Crippen LogP contribution is -2.48. The molecule has 26 heteroatoms. The summed E-state index contributed by atoms with van der Waals surface area (Å²) in [5.74, 6) is 16.4. The molecule has 20 saturated carbocycles. The highest BCUT2D eigenvalue weighted by Crippen LogP contribution is 2.80. The van der Waals surface area contributed by atoms with Crippen molar-refractivity contribution < 1.29 is 124 Å². The topological polar surface area (TPSA) is 342 Å². The van der Waals surface area contributed by atoms with Crippen LogP contribution in [-0.2, 0) is 124 Å². The van der Waals surface area contributed by atoms with E-state index in [2.05, 4.69) is 27.7 Å². The molecule has 6 heterocycles. The fraction of sp³-hybridized carbons (Fsp3) is 0.892. The van der Waals surface area contributed by atoms with E-state index in [1.807, 2.05) is 96.9 Å². The number of cyclic esters (lactones) is 6. The van der Waals surface area contributed by atoms with E-state index in [1.165, 1.54) is 64.2 Å². The predicted molar refractivity (Wildman–Crippen MR) is 531 cm³/mol. The van der Waals surface area contributed by atoms with Gasteiger partial charge in [-0.2, -0.15) is 0 Å². The number of esters is 13. The SMILES string of the molecule is CCC(C)(C)C(=O)OC1C(C)C2CC1C1(CCOC1=O)C2.CCC(C)(C)C(=O)OC1C(C)C2CC1C1C2C2CC1C1(COC(=O)C1)C2.CCC(C)(C)C(=O)OC1CC2CC1C1C2C2CC1C1(COC(=O)C1)C2.CCC(C)(C)C(=O)OC1CC2CC1C1C3CC(C21)C1(CCOC1=O)C3.CCC(C)(C)C(=O)OC1CC2CC1C1C3CC(C21)C1(CCOC1=O)C3.CCC(C)(C)C(=O)OCC(=O)OC1CC2CC1C1(CCOC1=O)C2. The highest BCUT2D eigenvalue weighted by Gasteiger charge is 2.78. The Morgan fingerprint density at radius 2 is 0.630 bits per heavy atom. The zero-order chi connectivity index (χ0) is 104. The maximum atomic E-state index is 12.7. The van der Waals surface area contributed by atoms with Crippen molar-refractivity contribution in [3.63, 3.8) is 0 Å². The Hall–Kier alpha value is -6.89. The Morgan fingerprint density at radius 1 is 0.288 bits per heavy atom. The number of ether oxygens (including phenoxy) is 13. The minimum atomic E-state index is -0.607. The normalized spacial score (nSPS) is 46.3. The first-order valence-electron chi connectivity index (χ1n) is 58.4. The van der Waals surface area contributed by atoms with Crippen LogP contribution >= 0.6 is 0 Å². The summed E-state index contributed by atoms with van der Waals surface area (Å²) >= 11 is 0. The average molecular weight is 2030 g/mol. The van der Waals surface area contributed by atoms with Gasteiger partial charge in [-0.15, -0.1) is 0 Å². The number of hydrogen-bond donors (Lipinski definition) is 0.